The molecule has 1 aliphatic rings. The van der Waals surface area contributed by atoms with E-state index in [1.807, 2.05) is 18.2 Å². The first-order valence-corrected chi connectivity index (χ1v) is 10.6. The number of carbonyl (C=O) groups excluding carboxylic acids is 3. The second kappa shape index (κ2) is 10.7. The van der Waals surface area contributed by atoms with Gasteiger partial charge in [-0.3, -0.25) is 4.79 Å². The van der Waals surface area contributed by atoms with Crippen molar-refractivity contribution in [2.45, 2.75) is 56.8 Å². The van der Waals surface area contributed by atoms with Gasteiger partial charge < -0.3 is 20.5 Å². The van der Waals surface area contributed by atoms with Gasteiger partial charge in [-0.05, 0) is 48.9 Å². The van der Waals surface area contributed by atoms with Crippen molar-refractivity contribution in [3.63, 3.8) is 0 Å². The van der Waals surface area contributed by atoms with E-state index in [-0.39, 0.29) is 13.0 Å². The Bertz CT molecular complexity index is 927. The molecule has 2 aromatic rings. The number of hydrogen-bond acceptors (Lipinski definition) is 5. The summed E-state index contributed by atoms with van der Waals surface area (Å²) in [7, 11) is 0. The number of primary amides is 1. The molecule has 0 saturated heterocycles. The number of nitrogens with two attached hydrogens (primary N) is 1. The molecule has 8 heteroatoms. The Kier molecular flexibility index (Phi) is 7.81. The molecule has 2 aromatic carbocycles. The van der Waals surface area contributed by atoms with E-state index in [9.17, 15) is 18.8 Å². The number of alkyl carbamates (subject to hydrolysis) is 1. The maximum atomic E-state index is 13.3. The SMILES string of the molecule is NC(=O)C1(OC(=O)[C@H](Cc2ccc(F)cc2)NC(=O)OCc2ccccc2)CCCCC1. The van der Waals surface area contributed by atoms with Crippen LogP contribution in [0, 0.1) is 5.82 Å². The predicted molar refractivity (Wildman–Crippen MR) is 115 cm³/mol. The quantitative estimate of drug-likeness (QED) is 0.610. The van der Waals surface area contributed by atoms with Gasteiger partial charge in [-0.1, -0.05) is 48.9 Å². The highest BCUT2D eigenvalue weighted by atomic mass is 19.1. The van der Waals surface area contributed by atoms with Gasteiger partial charge in [-0.25, -0.2) is 14.0 Å². The van der Waals surface area contributed by atoms with Crippen LogP contribution in [0.3, 0.4) is 0 Å². The highest BCUT2D eigenvalue weighted by Gasteiger charge is 2.43. The van der Waals surface area contributed by atoms with E-state index in [2.05, 4.69) is 5.32 Å². The van der Waals surface area contributed by atoms with Crippen LogP contribution in [0.15, 0.2) is 54.6 Å². The third kappa shape index (κ3) is 6.29. The third-order valence-electron chi connectivity index (χ3n) is 5.55. The van der Waals surface area contributed by atoms with Crippen LogP contribution in [0.1, 0.15) is 43.2 Å². The van der Waals surface area contributed by atoms with E-state index in [4.69, 9.17) is 15.2 Å². The fourth-order valence-corrected chi connectivity index (χ4v) is 3.74. The van der Waals surface area contributed by atoms with Gasteiger partial charge in [-0.15, -0.1) is 0 Å². The average molecular weight is 442 g/mol. The maximum absolute atomic E-state index is 13.3. The van der Waals surface area contributed by atoms with Crippen molar-refractivity contribution in [2.24, 2.45) is 5.73 Å². The number of nitrogens with one attached hydrogen (secondary N) is 1. The summed E-state index contributed by atoms with van der Waals surface area (Å²) in [6.07, 6.45) is 2.27. The summed E-state index contributed by atoms with van der Waals surface area (Å²) >= 11 is 0. The lowest BCUT2D eigenvalue weighted by Crippen LogP contribution is -2.53. The summed E-state index contributed by atoms with van der Waals surface area (Å²) in [6.45, 7) is 0.0240. The average Bonchev–Trinajstić information content (AvgIpc) is 2.80. The molecule has 1 atom stereocenters. The summed E-state index contributed by atoms with van der Waals surface area (Å²) in [5, 5.41) is 2.51. The standard InChI is InChI=1S/C24H27FN2O5/c25-19-11-9-17(10-12-19)15-20(27-23(30)31-16-18-7-3-1-4-8-18)21(28)32-24(22(26)29)13-5-2-6-14-24/h1,3-4,7-12,20H,2,5-6,13-16H2,(H2,26,29)(H,27,30)/t20-/m0/s1. The van der Waals surface area contributed by atoms with Crippen LogP contribution in [0.2, 0.25) is 0 Å². The zero-order chi connectivity index (χ0) is 23.0. The fraction of sp³-hybridized carbons (Fsp3) is 0.375. The minimum Gasteiger partial charge on any atom is -0.447 e. The molecule has 32 heavy (non-hydrogen) atoms. The Morgan fingerprint density at radius 1 is 0.969 bits per heavy atom. The normalized spacial score (nSPS) is 15.9. The summed E-state index contributed by atoms with van der Waals surface area (Å²) in [5.74, 6) is -1.90. The van der Waals surface area contributed by atoms with Gasteiger partial charge in [0, 0.05) is 6.42 Å². The Hall–Kier alpha value is -3.42. The first kappa shape index (κ1) is 23.2. The van der Waals surface area contributed by atoms with Gasteiger partial charge in [0.2, 0.25) is 0 Å². The number of rotatable bonds is 8. The van der Waals surface area contributed by atoms with Gasteiger partial charge in [-0.2, -0.15) is 0 Å². The van der Waals surface area contributed by atoms with Crippen LogP contribution in [0.5, 0.6) is 0 Å². The third-order valence-corrected chi connectivity index (χ3v) is 5.55. The monoisotopic (exact) mass is 442 g/mol. The Morgan fingerprint density at radius 3 is 2.25 bits per heavy atom. The lowest BCUT2D eigenvalue weighted by Gasteiger charge is -2.35. The van der Waals surface area contributed by atoms with Crippen molar-refractivity contribution in [3.8, 4) is 0 Å². The molecule has 0 bridgehead atoms. The Balaban J connectivity index is 1.71. The van der Waals surface area contributed by atoms with Crippen molar-refractivity contribution in [2.75, 3.05) is 0 Å². The first-order valence-electron chi connectivity index (χ1n) is 10.6. The molecule has 0 aliphatic heterocycles. The molecule has 2 amide bonds. The first-order chi connectivity index (χ1) is 15.4. The summed E-state index contributed by atoms with van der Waals surface area (Å²) < 4.78 is 24.1. The van der Waals surface area contributed by atoms with Crippen LogP contribution >= 0.6 is 0 Å². The van der Waals surface area contributed by atoms with E-state index in [1.54, 1.807) is 12.1 Å². The topological polar surface area (TPSA) is 108 Å². The molecular weight excluding hydrogens is 415 g/mol. The largest absolute Gasteiger partial charge is 0.447 e. The van der Waals surface area contributed by atoms with E-state index in [0.717, 1.165) is 12.0 Å². The van der Waals surface area contributed by atoms with E-state index in [1.165, 1.54) is 24.3 Å². The zero-order valence-electron chi connectivity index (χ0n) is 17.7. The van der Waals surface area contributed by atoms with Crippen molar-refractivity contribution < 1.29 is 28.2 Å². The van der Waals surface area contributed by atoms with E-state index in [0.29, 0.717) is 31.2 Å². The van der Waals surface area contributed by atoms with Crippen LogP contribution in [-0.2, 0) is 32.1 Å². The molecule has 1 saturated carbocycles. The van der Waals surface area contributed by atoms with Gasteiger partial charge in [0.25, 0.3) is 5.91 Å². The molecular formula is C24H27FN2O5. The van der Waals surface area contributed by atoms with E-state index >= 15 is 0 Å². The predicted octanol–water partition coefficient (Wildman–Crippen LogP) is 3.39. The zero-order valence-corrected chi connectivity index (χ0v) is 17.7. The van der Waals surface area contributed by atoms with Gasteiger partial charge in [0.15, 0.2) is 5.60 Å². The lowest BCUT2D eigenvalue weighted by molar-refractivity contribution is -0.172. The van der Waals surface area contributed by atoms with Crippen molar-refractivity contribution in [1.29, 1.82) is 0 Å². The van der Waals surface area contributed by atoms with Gasteiger partial charge >= 0.3 is 12.1 Å². The smallest absolute Gasteiger partial charge is 0.408 e. The maximum Gasteiger partial charge on any atom is 0.408 e. The summed E-state index contributed by atoms with van der Waals surface area (Å²) in [6, 6.07) is 13.5. The number of halogens is 1. The number of benzene rings is 2. The van der Waals surface area contributed by atoms with Crippen LogP contribution in [0.4, 0.5) is 9.18 Å². The molecule has 3 N–H and O–H groups in total. The number of hydrogen-bond donors (Lipinski definition) is 2. The molecule has 0 unspecified atom stereocenters. The van der Waals surface area contributed by atoms with Crippen molar-refractivity contribution in [1.82, 2.24) is 5.32 Å². The van der Waals surface area contributed by atoms with Crippen molar-refractivity contribution >= 4 is 18.0 Å². The molecule has 0 spiro atoms. The molecule has 0 radical (unpaired) electrons. The van der Waals surface area contributed by atoms with Crippen molar-refractivity contribution in [3.05, 3.63) is 71.5 Å². The molecule has 3 rings (SSSR count). The number of ether oxygens (including phenoxy) is 2. The minimum atomic E-state index is -1.38. The molecule has 0 aromatic heterocycles. The van der Waals surface area contributed by atoms with Crippen LogP contribution in [-0.4, -0.2) is 29.6 Å². The molecule has 170 valence electrons. The molecule has 1 aliphatic carbocycles. The minimum absolute atomic E-state index is 0.0240. The number of esters is 1. The molecule has 7 nitrogen and oxygen atoms in total. The highest BCUT2D eigenvalue weighted by Crippen LogP contribution is 2.32. The number of carbonyl (C=O) groups is 3. The second-order valence-corrected chi connectivity index (χ2v) is 7.93. The lowest BCUT2D eigenvalue weighted by atomic mass is 9.84. The molecule has 1 fully saturated rings. The number of amides is 2. The second-order valence-electron chi connectivity index (χ2n) is 7.93. The Labute approximate surface area is 186 Å². The van der Waals surface area contributed by atoms with Gasteiger partial charge in [0.05, 0.1) is 0 Å². The molecule has 0 heterocycles. The highest BCUT2D eigenvalue weighted by molar-refractivity contribution is 5.89. The summed E-state index contributed by atoms with van der Waals surface area (Å²) in [4.78, 5) is 37.5. The summed E-state index contributed by atoms with van der Waals surface area (Å²) in [5.41, 5.74) is 5.57. The fourth-order valence-electron chi connectivity index (χ4n) is 3.74. The van der Waals surface area contributed by atoms with Gasteiger partial charge in [0.1, 0.15) is 18.5 Å². The van der Waals surface area contributed by atoms with Crippen LogP contribution < -0.4 is 11.1 Å². The van der Waals surface area contributed by atoms with E-state index < -0.39 is 35.4 Å². The Morgan fingerprint density at radius 2 is 1.62 bits per heavy atom. The van der Waals surface area contributed by atoms with Crippen LogP contribution in [0.25, 0.3) is 0 Å².